The molecule has 2 aromatic carbocycles. The van der Waals surface area contributed by atoms with E-state index in [2.05, 4.69) is 0 Å². The summed E-state index contributed by atoms with van der Waals surface area (Å²) >= 11 is 23.1. The van der Waals surface area contributed by atoms with E-state index in [4.69, 9.17) is 61.4 Å². The van der Waals surface area contributed by atoms with Crippen LogP contribution in [-0.4, -0.2) is 41.0 Å². The highest BCUT2D eigenvalue weighted by Gasteiger charge is 2.13. The van der Waals surface area contributed by atoms with E-state index in [0.717, 1.165) is 0 Å². The van der Waals surface area contributed by atoms with Crippen molar-refractivity contribution in [2.24, 2.45) is 0 Å². The molecule has 0 atom stereocenters. The fourth-order valence-electron chi connectivity index (χ4n) is 2.19. The third-order valence-corrected chi connectivity index (χ3v) is 4.98. The van der Waals surface area contributed by atoms with Crippen molar-refractivity contribution in [1.29, 1.82) is 0 Å². The van der Waals surface area contributed by atoms with Crippen LogP contribution >= 0.6 is 46.4 Å². The van der Waals surface area contributed by atoms with Gasteiger partial charge in [-0.2, -0.15) is 0 Å². The third-order valence-electron chi connectivity index (χ3n) is 3.73. The van der Waals surface area contributed by atoms with Gasteiger partial charge in [-0.3, -0.25) is 4.79 Å². The summed E-state index contributed by atoms with van der Waals surface area (Å²) in [5, 5.41) is 17.9. The molecule has 0 amide bonds. The van der Waals surface area contributed by atoms with Crippen LogP contribution in [0.2, 0.25) is 20.1 Å². The van der Waals surface area contributed by atoms with Gasteiger partial charge in [0.1, 0.15) is 0 Å². The number of ether oxygens (including phenoxy) is 1. The van der Waals surface area contributed by atoms with Crippen LogP contribution in [0.15, 0.2) is 29.8 Å². The minimum Gasteiger partial charge on any atom is -0.478 e. The first kappa shape index (κ1) is 33.6. The number of carbonyl (C=O) groups excluding carboxylic acids is 2. The first-order valence-electron chi connectivity index (χ1n) is 8.68. The van der Waals surface area contributed by atoms with Crippen molar-refractivity contribution in [3.8, 4) is 0 Å². The Bertz CT molecular complexity index is 1050. The lowest BCUT2D eigenvalue weighted by atomic mass is 10.1. The summed E-state index contributed by atoms with van der Waals surface area (Å²) in [5.41, 5.74) is 0.766. The van der Waals surface area contributed by atoms with Gasteiger partial charge in [0, 0.05) is 11.1 Å². The van der Waals surface area contributed by atoms with Gasteiger partial charge >= 0.3 is 17.9 Å². The highest BCUT2D eigenvalue weighted by molar-refractivity contribution is 6.39. The largest absolute Gasteiger partial charge is 0.478 e. The maximum Gasteiger partial charge on any atom is 0.335 e. The molecule has 0 spiro atoms. The minimum atomic E-state index is -1.14. The first-order valence-corrected chi connectivity index (χ1v) is 10.2. The molecule has 0 saturated heterocycles. The Labute approximate surface area is 217 Å². The molecule has 34 heavy (non-hydrogen) atoms. The number of esters is 1. The highest BCUT2D eigenvalue weighted by Crippen LogP contribution is 2.29. The van der Waals surface area contributed by atoms with Crippen LogP contribution in [-0.2, 0) is 9.53 Å². The summed E-state index contributed by atoms with van der Waals surface area (Å²) in [6, 6.07) is 4.92. The maximum atomic E-state index is 11.5. The lowest BCUT2D eigenvalue weighted by molar-refractivity contribution is -0.138. The average Bonchev–Trinajstić information content (AvgIpc) is 2.70. The molecule has 0 fully saturated rings. The van der Waals surface area contributed by atoms with Crippen LogP contribution in [0.3, 0.4) is 0 Å². The Morgan fingerprint density at radius 1 is 0.824 bits per heavy atom. The highest BCUT2D eigenvalue weighted by atomic mass is 35.5. The van der Waals surface area contributed by atoms with Crippen LogP contribution in [0.5, 0.6) is 0 Å². The van der Waals surface area contributed by atoms with Crippen LogP contribution in [0.25, 0.3) is 6.08 Å². The Kier molecular flexibility index (Phi) is 15.2. The average molecular weight is 554 g/mol. The predicted molar refractivity (Wildman–Crippen MR) is 136 cm³/mol. The van der Waals surface area contributed by atoms with Crippen LogP contribution in [0.4, 0.5) is 0 Å². The number of hydrogen-bond acceptors (Lipinski definition) is 5. The lowest BCUT2D eigenvalue weighted by Gasteiger charge is -2.06. The zero-order valence-corrected chi connectivity index (χ0v) is 19.6. The van der Waals surface area contributed by atoms with Gasteiger partial charge in [-0.15, -0.1) is 0 Å². The normalized spacial score (nSPS) is 10.0. The summed E-state index contributed by atoms with van der Waals surface area (Å²) in [7, 11) is 0. The number of benzene rings is 2. The van der Waals surface area contributed by atoms with E-state index in [1.54, 1.807) is 13.8 Å². The molecule has 2 aromatic rings. The van der Waals surface area contributed by atoms with Crippen LogP contribution < -0.4 is 0 Å². The molecular formula is C23H24Cl4O7. The second-order valence-electron chi connectivity index (χ2n) is 5.98. The number of halogens is 4. The predicted octanol–water partition coefficient (Wildman–Crippen LogP) is 7.43. The van der Waals surface area contributed by atoms with Crippen molar-refractivity contribution in [3.63, 3.8) is 0 Å². The van der Waals surface area contributed by atoms with Gasteiger partial charge in [0.25, 0.3) is 0 Å². The lowest BCUT2D eigenvalue weighted by Crippen LogP contribution is -2.05. The summed E-state index contributed by atoms with van der Waals surface area (Å²) in [5.74, 6) is -2.74. The van der Waals surface area contributed by atoms with Crippen molar-refractivity contribution >= 4 is 76.7 Å². The van der Waals surface area contributed by atoms with Crippen molar-refractivity contribution < 1.29 is 34.1 Å². The summed E-state index contributed by atoms with van der Waals surface area (Å²) < 4.78 is 4.83. The zero-order chi connectivity index (χ0) is 24.6. The van der Waals surface area contributed by atoms with Gasteiger partial charge < -0.3 is 14.9 Å². The molecule has 0 unspecified atom stereocenters. The molecule has 0 aliphatic rings. The number of carboxylic acid groups (broad SMARTS) is 2. The molecule has 0 bridgehead atoms. The second-order valence-corrected chi connectivity index (χ2v) is 7.61. The van der Waals surface area contributed by atoms with Crippen molar-refractivity contribution in [2.45, 2.75) is 28.7 Å². The van der Waals surface area contributed by atoms with Crippen LogP contribution in [0.1, 0.15) is 65.3 Å². The van der Waals surface area contributed by atoms with E-state index in [0.29, 0.717) is 17.4 Å². The molecular weight excluding hydrogens is 530 g/mol. The van der Waals surface area contributed by atoms with E-state index in [1.807, 2.05) is 0 Å². The Hall–Kier alpha value is -2.58. The van der Waals surface area contributed by atoms with E-state index in [-0.39, 0.29) is 58.2 Å². The summed E-state index contributed by atoms with van der Waals surface area (Å²) in [6.07, 6.45) is 1.95. The van der Waals surface area contributed by atoms with Gasteiger partial charge in [-0.25, -0.2) is 14.4 Å². The topological polar surface area (TPSA) is 118 Å². The van der Waals surface area contributed by atoms with Gasteiger partial charge in [-0.1, -0.05) is 61.3 Å². The molecule has 0 aliphatic carbocycles. The van der Waals surface area contributed by atoms with Gasteiger partial charge in [0.05, 0.1) is 43.4 Å². The maximum absolute atomic E-state index is 11.5. The Morgan fingerprint density at radius 3 is 1.47 bits per heavy atom. The number of aromatic carboxylic acids is 2. The number of rotatable bonds is 6. The molecule has 11 heteroatoms. The standard InChI is InChI=1S/C13H12Cl2O4.C8H4Cl2O3.2CH4/c1-3-19-13(18)7(2)4-9-10(14)5-8(12(16)17)6-11(9)15;9-6-1-4(8(12)13)2-7(10)5(6)3-11;;/h4-6H,3H2,1-2H3,(H,16,17);1-3H,(H,12,13);2*1H4/b7-4+;;;. The Morgan fingerprint density at radius 2 is 1.18 bits per heavy atom. The monoisotopic (exact) mass is 552 g/mol. The van der Waals surface area contributed by atoms with Crippen molar-refractivity contribution in [2.75, 3.05) is 6.61 Å². The first-order chi connectivity index (χ1) is 14.9. The van der Waals surface area contributed by atoms with Gasteiger partial charge in [-0.05, 0) is 44.2 Å². The fraction of sp³-hybridized carbons (Fsp3) is 0.217. The minimum absolute atomic E-state index is 0. The van der Waals surface area contributed by atoms with Crippen LogP contribution in [0, 0.1) is 0 Å². The van der Waals surface area contributed by atoms with E-state index < -0.39 is 17.9 Å². The molecule has 186 valence electrons. The molecule has 0 radical (unpaired) electrons. The second kappa shape index (κ2) is 15.3. The fourth-order valence-corrected chi connectivity index (χ4v) is 3.36. The molecule has 2 N–H and O–H groups in total. The molecule has 7 nitrogen and oxygen atoms in total. The number of hydrogen-bond donors (Lipinski definition) is 2. The molecule has 0 aromatic heterocycles. The van der Waals surface area contributed by atoms with Crippen molar-refractivity contribution in [1.82, 2.24) is 0 Å². The summed E-state index contributed by atoms with van der Waals surface area (Å²) in [4.78, 5) is 43.2. The van der Waals surface area contributed by atoms with E-state index in [1.165, 1.54) is 30.3 Å². The number of aldehydes is 1. The molecule has 0 saturated carbocycles. The smallest absolute Gasteiger partial charge is 0.335 e. The quantitative estimate of drug-likeness (QED) is 0.217. The molecule has 0 aliphatic heterocycles. The molecule has 0 heterocycles. The van der Waals surface area contributed by atoms with E-state index in [9.17, 15) is 19.2 Å². The SMILES string of the molecule is C.C.CCOC(=O)/C(C)=C/c1c(Cl)cc(C(=O)O)cc1Cl.O=Cc1c(Cl)cc(C(=O)O)cc1Cl. The summed E-state index contributed by atoms with van der Waals surface area (Å²) in [6.45, 7) is 3.53. The third kappa shape index (κ3) is 9.35. The van der Waals surface area contributed by atoms with Gasteiger partial charge in [0.2, 0.25) is 0 Å². The van der Waals surface area contributed by atoms with Gasteiger partial charge in [0.15, 0.2) is 6.29 Å². The Balaban J connectivity index is 0. The van der Waals surface area contributed by atoms with E-state index >= 15 is 0 Å². The number of carbonyl (C=O) groups is 4. The molecule has 2 rings (SSSR count). The van der Waals surface area contributed by atoms with Crippen molar-refractivity contribution in [3.05, 3.63) is 72.2 Å². The number of carboxylic acids is 2. The zero-order valence-electron chi connectivity index (χ0n) is 16.6.